The molecule has 2 rings (SSSR count). The van der Waals surface area contributed by atoms with Crippen molar-refractivity contribution >= 4 is 17.6 Å². The van der Waals surface area contributed by atoms with E-state index in [0.29, 0.717) is 11.3 Å². The van der Waals surface area contributed by atoms with Gasteiger partial charge >= 0.3 is 6.03 Å². The van der Waals surface area contributed by atoms with E-state index in [2.05, 4.69) is 20.9 Å². The van der Waals surface area contributed by atoms with Crippen LogP contribution in [0, 0.1) is 11.3 Å². The molecular formula is C16H15N5O3. The summed E-state index contributed by atoms with van der Waals surface area (Å²) in [6, 6.07) is 10.9. The summed E-state index contributed by atoms with van der Waals surface area (Å²) in [6.07, 6.45) is 1.40. The summed E-state index contributed by atoms with van der Waals surface area (Å²) < 4.78 is 0. The second kappa shape index (κ2) is 8.14. The molecule has 0 spiro atoms. The van der Waals surface area contributed by atoms with Gasteiger partial charge in [0.1, 0.15) is 5.75 Å². The molecule has 0 atom stereocenters. The third-order valence-electron chi connectivity index (χ3n) is 2.95. The lowest BCUT2D eigenvalue weighted by Gasteiger charge is -2.09. The summed E-state index contributed by atoms with van der Waals surface area (Å²) in [5.41, 5.74) is 0.861. The van der Waals surface area contributed by atoms with Gasteiger partial charge < -0.3 is 21.1 Å². The van der Waals surface area contributed by atoms with Crippen LogP contribution in [0.5, 0.6) is 5.75 Å². The van der Waals surface area contributed by atoms with Crippen molar-refractivity contribution < 1.29 is 14.7 Å². The summed E-state index contributed by atoms with van der Waals surface area (Å²) in [5, 5.41) is 26.0. The first-order valence-corrected chi connectivity index (χ1v) is 7.07. The van der Waals surface area contributed by atoms with Crippen LogP contribution in [0.1, 0.15) is 16.1 Å². The van der Waals surface area contributed by atoms with Crippen molar-refractivity contribution in [1.29, 1.82) is 5.26 Å². The van der Waals surface area contributed by atoms with Crippen LogP contribution in [0.15, 0.2) is 42.6 Å². The van der Waals surface area contributed by atoms with E-state index < -0.39 is 11.9 Å². The molecule has 1 heterocycles. The summed E-state index contributed by atoms with van der Waals surface area (Å²) in [7, 11) is 0. The second-order valence-electron chi connectivity index (χ2n) is 4.70. The Morgan fingerprint density at radius 3 is 2.71 bits per heavy atom. The average Bonchev–Trinajstić information content (AvgIpc) is 2.59. The highest BCUT2D eigenvalue weighted by molar-refractivity contribution is 5.94. The van der Waals surface area contributed by atoms with Crippen LogP contribution in [-0.2, 0) is 0 Å². The van der Waals surface area contributed by atoms with Gasteiger partial charge in [-0.3, -0.25) is 4.79 Å². The number of rotatable bonds is 5. The molecule has 3 amide bonds. The van der Waals surface area contributed by atoms with Crippen LogP contribution in [0.25, 0.3) is 0 Å². The minimum absolute atomic E-state index is 0.0738. The van der Waals surface area contributed by atoms with Gasteiger partial charge in [-0.1, -0.05) is 6.07 Å². The van der Waals surface area contributed by atoms with Crippen LogP contribution >= 0.6 is 0 Å². The molecule has 8 heteroatoms. The fourth-order valence-electron chi connectivity index (χ4n) is 1.85. The number of aromatic nitrogens is 1. The van der Waals surface area contributed by atoms with E-state index in [0.717, 1.165) is 0 Å². The number of aromatic hydroxyl groups is 1. The molecule has 4 N–H and O–H groups in total. The van der Waals surface area contributed by atoms with Crippen molar-refractivity contribution in [3.63, 3.8) is 0 Å². The predicted octanol–water partition coefficient (Wildman–Crippen LogP) is 1.21. The highest BCUT2D eigenvalue weighted by atomic mass is 16.3. The zero-order chi connectivity index (χ0) is 17.4. The van der Waals surface area contributed by atoms with E-state index in [1.54, 1.807) is 24.3 Å². The lowest BCUT2D eigenvalue weighted by molar-refractivity contribution is 0.0946. The molecule has 8 nitrogen and oxygen atoms in total. The number of hydrogen-bond donors (Lipinski definition) is 4. The third-order valence-corrected chi connectivity index (χ3v) is 2.95. The molecule has 0 aliphatic carbocycles. The predicted molar refractivity (Wildman–Crippen MR) is 86.4 cm³/mol. The number of urea groups is 1. The SMILES string of the molecule is N#Cc1cccc(NC(=O)NCCNC(=O)c2ncccc2O)c1. The fraction of sp³-hybridized carbons (Fsp3) is 0.125. The van der Waals surface area contributed by atoms with Gasteiger partial charge in [-0.05, 0) is 30.3 Å². The average molecular weight is 325 g/mol. The normalized spacial score (nSPS) is 9.62. The van der Waals surface area contributed by atoms with Gasteiger partial charge in [-0.15, -0.1) is 0 Å². The van der Waals surface area contributed by atoms with Crippen LogP contribution in [0.3, 0.4) is 0 Å². The number of benzene rings is 1. The van der Waals surface area contributed by atoms with Gasteiger partial charge in [-0.2, -0.15) is 5.26 Å². The minimum Gasteiger partial charge on any atom is -0.505 e. The number of carbonyl (C=O) groups is 2. The Kier molecular flexibility index (Phi) is 5.69. The maximum Gasteiger partial charge on any atom is 0.319 e. The molecule has 0 radical (unpaired) electrons. The number of pyridine rings is 1. The lowest BCUT2D eigenvalue weighted by atomic mass is 10.2. The molecule has 0 saturated heterocycles. The number of hydrogen-bond acceptors (Lipinski definition) is 5. The molecule has 0 aliphatic rings. The molecule has 0 bridgehead atoms. The highest BCUT2D eigenvalue weighted by Gasteiger charge is 2.11. The Labute approximate surface area is 138 Å². The van der Waals surface area contributed by atoms with Crippen molar-refractivity contribution in [2.24, 2.45) is 0 Å². The first kappa shape index (κ1) is 16.8. The quantitative estimate of drug-likeness (QED) is 0.614. The van der Waals surface area contributed by atoms with E-state index >= 15 is 0 Å². The van der Waals surface area contributed by atoms with Gasteiger partial charge in [0.05, 0.1) is 11.6 Å². The van der Waals surface area contributed by atoms with E-state index in [1.165, 1.54) is 18.3 Å². The summed E-state index contributed by atoms with van der Waals surface area (Å²) in [6.45, 7) is 0.351. The fourth-order valence-corrected chi connectivity index (χ4v) is 1.85. The smallest absolute Gasteiger partial charge is 0.319 e. The Morgan fingerprint density at radius 1 is 1.17 bits per heavy atom. The van der Waals surface area contributed by atoms with Crippen molar-refractivity contribution in [1.82, 2.24) is 15.6 Å². The third kappa shape index (κ3) is 4.71. The molecule has 1 aromatic carbocycles. The van der Waals surface area contributed by atoms with E-state index in [-0.39, 0.29) is 24.5 Å². The van der Waals surface area contributed by atoms with Gasteiger partial charge in [0.25, 0.3) is 5.91 Å². The maximum absolute atomic E-state index is 11.8. The maximum atomic E-state index is 11.8. The number of nitrogens with zero attached hydrogens (tertiary/aromatic N) is 2. The second-order valence-corrected chi connectivity index (χ2v) is 4.70. The summed E-state index contributed by atoms with van der Waals surface area (Å²) >= 11 is 0. The zero-order valence-corrected chi connectivity index (χ0v) is 12.6. The monoisotopic (exact) mass is 325 g/mol. The molecule has 0 unspecified atom stereocenters. The largest absolute Gasteiger partial charge is 0.505 e. The van der Waals surface area contributed by atoms with Crippen molar-refractivity contribution in [3.8, 4) is 11.8 Å². The van der Waals surface area contributed by atoms with Crippen LogP contribution < -0.4 is 16.0 Å². The standard InChI is InChI=1S/C16H15N5O3/c17-10-11-3-1-4-12(9-11)21-16(24)20-8-7-19-15(23)14-13(22)5-2-6-18-14/h1-6,9,22H,7-8H2,(H,19,23)(H2,20,21,24). The van der Waals surface area contributed by atoms with Gasteiger partial charge in [0.2, 0.25) is 0 Å². The summed E-state index contributed by atoms with van der Waals surface area (Å²) in [4.78, 5) is 27.3. The topological polar surface area (TPSA) is 127 Å². The molecule has 2 aromatic rings. The molecule has 122 valence electrons. The van der Waals surface area contributed by atoms with Crippen molar-refractivity contribution in [2.45, 2.75) is 0 Å². The molecule has 24 heavy (non-hydrogen) atoms. The first-order valence-electron chi connectivity index (χ1n) is 7.07. The van der Waals surface area contributed by atoms with Crippen molar-refractivity contribution in [3.05, 3.63) is 53.9 Å². The Bertz CT molecular complexity index is 785. The number of nitriles is 1. The number of amides is 3. The Balaban J connectivity index is 1.74. The number of nitrogens with one attached hydrogen (secondary N) is 3. The van der Waals surface area contributed by atoms with Gasteiger partial charge in [-0.25, -0.2) is 9.78 Å². The first-order chi connectivity index (χ1) is 11.6. The van der Waals surface area contributed by atoms with Crippen LogP contribution in [-0.4, -0.2) is 35.1 Å². The number of anilines is 1. The molecule has 1 aromatic heterocycles. The van der Waals surface area contributed by atoms with Crippen molar-refractivity contribution in [2.75, 3.05) is 18.4 Å². The summed E-state index contributed by atoms with van der Waals surface area (Å²) in [5.74, 6) is -0.741. The van der Waals surface area contributed by atoms with E-state index in [9.17, 15) is 14.7 Å². The van der Waals surface area contributed by atoms with E-state index in [1.807, 2.05) is 6.07 Å². The zero-order valence-electron chi connectivity index (χ0n) is 12.6. The lowest BCUT2D eigenvalue weighted by Crippen LogP contribution is -2.37. The van der Waals surface area contributed by atoms with Crippen LogP contribution in [0.4, 0.5) is 10.5 Å². The molecule has 0 aliphatic heterocycles. The Hall–Kier alpha value is -3.60. The number of carbonyl (C=O) groups excluding carboxylic acids is 2. The van der Waals surface area contributed by atoms with Gasteiger partial charge in [0, 0.05) is 25.0 Å². The molecular weight excluding hydrogens is 310 g/mol. The van der Waals surface area contributed by atoms with Gasteiger partial charge in [0.15, 0.2) is 5.69 Å². The molecule has 0 saturated carbocycles. The van der Waals surface area contributed by atoms with Crippen LogP contribution in [0.2, 0.25) is 0 Å². The minimum atomic E-state index is -0.531. The van der Waals surface area contributed by atoms with E-state index in [4.69, 9.17) is 5.26 Å². The molecule has 0 fully saturated rings. The highest BCUT2D eigenvalue weighted by Crippen LogP contribution is 2.11. The Morgan fingerprint density at radius 2 is 1.96 bits per heavy atom.